The number of nitrogens with zero attached hydrogens (tertiary/aromatic N) is 1. The zero-order valence-corrected chi connectivity index (χ0v) is 18.7. The Kier molecular flexibility index (Phi) is 6.13. The van der Waals surface area contributed by atoms with Crippen LogP contribution in [0.5, 0.6) is 17.2 Å². The number of ether oxygens (including phenoxy) is 3. The van der Waals surface area contributed by atoms with Crippen molar-refractivity contribution in [1.82, 2.24) is 0 Å². The van der Waals surface area contributed by atoms with E-state index in [0.717, 1.165) is 4.90 Å². The lowest BCUT2D eigenvalue weighted by Gasteiger charge is -2.19. The van der Waals surface area contributed by atoms with Crippen LogP contribution in [0.4, 0.5) is 11.4 Å². The van der Waals surface area contributed by atoms with Crippen LogP contribution in [0.15, 0.2) is 65.7 Å². The van der Waals surface area contributed by atoms with Gasteiger partial charge in [-0.25, -0.2) is 4.90 Å². The van der Waals surface area contributed by atoms with Crippen molar-refractivity contribution in [2.45, 2.75) is 6.92 Å². The molecule has 0 saturated carbocycles. The molecule has 2 aromatic carbocycles. The third-order valence-corrected chi connectivity index (χ3v) is 5.78. The molecule has 0 bridgehead atoms. The Morgan fingerprint density at radius 2 is 1.78 bits per heavy atom. The van der Waals surface area contributed by atoms with Crippen molar-refractivity contribution in [2.24, 2.45) is 0 Å². The molecule has 8 heteroatoms. The summed E-state index contributed by atoms with van der Waals surface area (Å²) in [4.78, 5) is 28.9. The van der Waals surface area contributed by atoms with Crippen LogP contribution in [0.2, 0.25) is 0 Å². The van der Waals surface area contributed by atoms with Crippen LogP contribution >= 0.6 is 11.3 Å². The molecule has 164 valence electrons. The molecule has 3 aromatic rings. The van der Waals surface area contributed by atoms with Gasteiger partial charge in [-0.05, 0) is 42.6 Å². The zero-order valence-electron chi connectivity index (χ0n) is 17.9. The van der Waals surface area contributed by atoms with Gasteiger partial charge in [0.2, 0.25) is 0 Å². The molecule has 4 rings (SSSR count). The van der Waals surface area contributed by atoms with Crippen LogP contribution in [0.3, 0.4) is 0 Å². The van der Waals surface area contributed by atoms with Crippen LogP contribution in [0, 0.1) is 0 Å². The smallest absolute Gasteiger partial charge is 0.282 e. The van der Waals surface area contributed by atoms with E-state index in [2.05, 4.69) is 5.32 Å². The third-order valence-electron chi connectivity index (χ3n) is 4.89. The topological polar surface area (TPSA) is 77.1 Å². The lowest BCUT2D eigenvalue weighted by atomic mass is 10.2. The molecule has 7 nitrogen and oxygen atoms in total. The predicted molar refractivity (Wildman–Crippen MR) is 125 cm³/mol. The third kappa shape index (κ3) is 3.92. The van der Waals surface area contributed by atoms with Gasteiger partial charge in [0, 0.05) is 22.7 Å². The van der Waals surface area contributed by atoms with Gasteiger partial charge in [0.25, 0.3) is 11.8 Å². The van der Waals surface area contributed by atoms with Crippen LogP contribution < -0.4 is 24.4 Å². The fourth-order valence-corrected chi connectivity index (χ4v) is 4.23. The number of thiophene rings is 1. The molecule has 0 aliphatic carbocycles. The Hall–Kier alpha value is -3.78. The summed E-state index contributed by atoms with van der Waals surface area (Å²) in [6.07, 6.45) is 0. The molecule has 2 amide bonds. The van der Waals surface area contributed by atoms with E-state index in [9.17, 15) is 9.59 Å². The summed E-state index contributed by atoms with van der Waals surface area (Å²) in [6.45, 7) is 2.42. The number of nitrogens with one attached hydrogen (secondary N) is 1. The molecule has 0 radical (unpaired) electrons. The monoisotopic (exact) mass is 450 g/mol. The highest BCUT2D eigenvalue weighted by molar-refractivity contribution is 7.11. The van der Waals surface area contributed by atoms with E-state index in [1.165, 1.54) is 25.6 Å². The van der Waals surface area contributed by atoms with E-state index in [-0.39, 0.29) is 5.70 Å². The minimum atomic E-state index is -0.469. The fraction of sp³-hybridized carbons (Fsp3) is 0.167. The first-order valence-electron chi connectivity index (χ1n) is 9.96. The summed E-state index contributed by atoms with van der Waals surface area (Å²) >= 11 is 1.39. The largest absolute Gasteiger partial charge is 0.497 e. The maximum absolute atomic E-state index is 13.5. The van der Waals surface area contributed by atoms with Gasteiger partial charge in [0.15, 0.2) is 0 Å². The minimum Gasteiger partial charge on any atom is -0.497 e. The van der Waals surface area contributed by atoms with Gasteiger partial charge in [0.05, 0.1) is 32.1 Å². The van der Waals surface area contributed by atoms with Gasteiger partial charge in [-0.1, -0.05) is 12.1 Å². The highest BCUT2D eigenvalue weighted by Gasteiger charge is 2.42. The van der Waals surface area contributed by atoms with Gasteiger partial charge < -0.3 is 19.5 Å². The second-order valence-electron chi connectivity index (χ2n) is 6.80. The number of carbonyl (C=O) groups is 2. The van der Waals surface area contributed by atoms with Crippen LogP contribution in [-0.2, 0) is 9.59 Å². The lowest BCUT2D eigenvalue weighted by molar-refractivity contribution is -0.120. The van der Waals surface area contributed by atoms with Crippen molar-refractivity contribution in [1.29, 1.82) is 0 Å². The van der Waals surface area contributed by atoms with Gasteiger partial charge >= 0.3 is 0 Å². The Morgan fingerprint density at radius 3 is 2.47 bits per heavy atom. The highest BCUT2D eigenvalue weighted by Crippen LogP contribution is 2.40. The van der Waals surface area contributed by atoms with E-state index in [4.69, 9.17) is 14.2 Å². The number of carbonyl (C=O) groups excluding carboxylic acids is 2. The van der Waals surface area contributed by atoms with E-state index in [1.807, 2.05) is 42.6 Å². The maximum Gasteiger partial charge on any atom is 0.282 e. The van der Waals surface area contributed by atoms with E-state index < -0.39 is 11.8 Å². The molecule has 0 saturated heterocycles. The number of anilines is 2. The molecule has 32 heavy (non-hydrogen) atoms. The first kappa shape index (κ1) is 21.5. The van der Waals surface area contributed by atoms with Gasteiger partial charge in [0.1, 0.15) is 22.9 Å². The van der Waals surface area contributed by atoms with E-state index in [1.54, 1.807) is 24.3 Å². The molecule has 1 aliphatic rings. The van der Waals surface area contributed by atoms with Crippen molar-refractivity contribution >= 4 is 40.1 Å². The van der Waals surface area contributed by atoms with Crippen molar-refractivity contribution < 1.29 is 23.8 Å². The summed E-state index contributed by atoms with van der Waals surface area (Å²) in [6, 6.07) is 15.9. The summed E-state index contributed by atoms with van der Waals surface area (Å²) in [7, 11) is 3.02. The van der Waals surface area contributed by atoms with E-state index >= 15 is 0 Å². The van der Waals surface area contributed by atoms with Crippen molar-refractivity contribution in [3.8, 4) is 17.2 Å². The summed E-state index contributed by atoms with van der Waals surface area (Å²) < 4.78 is 16.2. The van der Waals surface area contributed by atoms with Crippen molar-refractivity contribution in [2.75, 3.05) is 31.0 Å². The normalized spacial score (nSPS) is 13.5. The van der Waals surface area contributed by atoms with Gasteiger partial charge in [-0.15, -0.1) is 11.3 Å². The van der Waals surface area contributed by atoms with E-state index in [0.29, 0.717) is 45.7 Å². The fourth-order valence-electron chi connectivity index (χ4n) is 3.46. The number of imide groups is 1. The Labute approximate surface area is 189 Å². The molecule has 0 atom stereocenters. The molecular formula is C24H22N2O5S. The summed E-state index contributed by atoms with van der Waals surface area (Å²) in [5.41, 5.74) is 1.50. The highest BCUT2D eigenvalue weighted by atomic mass is 32.1. The molecule has 0 spiro atoms. The number of amides is 2. The maximum atomic E-state index is 13.5. The van der Waals surface area contributed by atoms with Crippen LogP contribution in [0.1, 0.15) is 11.8 Å². The molecule has 1 aromatic heterocycles. The summed E-state index contributed by atoms with van der Waals surface area (Å²) in [5, 5.41) is 5.01. The molecule has 0 fully saturated rings. The standard InChI is InChI=1S/C24H22N2O5S/c1-4-31-17-8-5-7-15(13-17)25-22-21(20-9-6-12-32-20)23(27)26(24(22)28)18-11-10-16(29-2)14-19(18)30-3/h5-14,25H,4H2,1-3H3. The summed E-state index contributed by atoms with van der Waals surface area (Å²) in [5.74, 6) is 0.688. The molecule has 0 unspecified atom stereocenters. The molecule has 1 N–H and O–H groups in total. The number of rotatable bonds is 8. The second-order valence-corrected chi connectivity index (χ2v) is 7.74. The Balaban J connectivity index is 1.78. The molecular weight excluding hydrogens is 428 g/mol. The predicted octanol–water partition coefficient (Wildman–Crippen LogP) is 4.56. The average molecular weight is 451 g/mol. The first-order chi connectivity index (χ1) is 15.6. The quantitative estimate of drug-likeness (QED) is 0.507. The van der Waals surface area contributed by atoms with Crippen molar-refractivity contribution in [3.05, 3.63) is 70.6 Å². The second kappa shape index (κ2) is 9.15. The number of benzene rings is 2. The number of methoxy groups -OCH3 is 2. The molecule has 2 heterocycles. The average Bonchev–Trinajstić information content (AvgIpc) is 3.41. The Morgan fingerprint density at radius 1 is 0.938 bits per heavy atom. The number of hydrogen-bond acceptors (Lipinski definition) is 7. The van der Waals surface area contributed by atoms with Crippen LogP contribution in [-0.4, -0.2) is 32.6 Å². The zero-order chi connectivity index (χ0) is 22.7. The Bertz CT molecular complexity index is 1190. The van der Waals surface area contributed by atoms with Crippen LogP contribution in [0.25, 0.3) is 5.57 Å². The van der Waals surface area contributed by atoms with Gasteiger partial charge in [-0.2, -0.15) is 0 Å². The SMILES string of the molecule is CCOc1cccc(NC2=C(c3cccs3)C(=O)N(c3ccc(OC)cc3OC)C2=O)c1. The number of hydrogen-bond donors (Lipinski definition) is 1. The first-order valence-corrected chi connectivity index (χ1v) is 10.8. The molecule has 1 aliphatic heterocycles. The lowest BCUT2D eigenvalue weighted by Crippen LogP contribution is -2.32. The minimum absolute atomic E-state index is 0.198. The van der Waals surface area contributed by atoms with Crippen molar-refractivity contribution in [3.63, 3.8) is 0 Å². The van der Waals surface area contributed by atoms with Gasteiger partial charge in [-0.3, -0.25) is 9.59 Å².